The van der Waals surface area contributed by atoms with Gasteiger partial charge in [0.05, 0.1) is 17.9 Å². The largest absolute Gasteiger partial charge is 0.308 e. The van der Waals surface area contributed by atoms with Crippen molar-refractivity contribution in [1.82, 2.24) is 20.3 Å². The van der Waals surface area contributed by atoms with Crippen molar-refractivity contribution in [2.75, 3.05) is 7.05 Å². The van der Waals surface area contributed by atoms with E-state index in [0.717, 1.165) is 29.8 Å². The summed E-state index contributed by atoms with van der Waals surface area (Å²) >= 11 is 0. The Balaban J connectivity index is 2.40. The van der Waals surface area contributed by atoms with Crippen LogP contribution in [-0.2, 0) is 6.54 Å². The van der Waals surface area contributed by atoms with Gasteiger partial charge >= 0.3 is 0 Å². The third-order valence-electron chi connectivity index (χ3n) is 3.07. The third-order valence-corrected chi connectivity index (χ3v) is 3.07. The van der Waals surface area contributed by atoms with E-state index in [4.69, 9.17) is 0 Å². The Morgan fingerprint density at radius 2 is 2.16 bits per heavy atom. The number of hydrogen-bond acceptors (Lipinski definition) is 3. The zero-order valence-corrected chi connectivity index (χ0v) is 11.5. The summed E-state index contributed by atoms with van der Waals surface area (Å²) in [6.45, 7) is 4.79. The lowest BCUT2D eigenvalue weighted by Gasteiger charge is -2.18. The molecule has 0 aliphatic heterocycles. The van der Waals surface area contributed by atoms with Gasteiger partial charge in [0.25, 0.3) is 0 Å². The number of benzene rings is 1. The van der Waals surface area contributed by atoms with Crippen molar-refractivity contribution in [1.29, 1.82) is 0 Å². The summed E-state index contributed by atoms with van der Waals surface area (Å²) in [7, 11) is 1.86. The van der Waals surface area contributed by atoms with Gasteiger partial charge in [-0.05, 0) is 43.7 Å². The summed E-state index contributed by atoms with van der Waals surface area (Å²) in [5.41, 5.74) is 2.75. The van der Waals surface area contributed by atoms with E-state index >= 15 is 0 Å². The second-order valence-corrected chi connectivity index (χ2v) is 4.67. The van der Waals surface area contributed by atoms with Crippen LogP contribution in [0.25, 0.3) is 0 Å². The third kappa shape index (κ3) is 2.98. The smallest absolute Gasteiger partial charge is 0.123 e. The van der Waals surface area contributed by atoms with Crippen molar-refractivity contribution in [2.45, 2.75) is 32.9 Å². The second kappa shape index (κ2) is 5.93. The summed E-state index contributed by atoms with van der Waals surface area (Å²) in [6, 6.07) is 4.96. The van der Waals surface area contributed by atoms with E-state index in [2.05, 4.69) is 22.6 Å². The first-order valence-electron chi connectivity index (χ1n) is 6.48. The molecule has 0 fully saturated rings. The Kier molecular flexibility index (Phi) is 4.27. The Hall–Kier alpha value is -1.75. The van der Waals surface area contributed by atoms with Gasteiger partial charge in [-0.3, -0.25) is 0 Å². The molecule has 19 heavy (non-hydrogen) atoms. The molecule has 2 aromatic rings. The van der Waals surface area contributed by atoms with Crippen molar-refractivity contribution in [3.63, 3.8) is 0 Å². The van der Waals surface area contributed by atoms with Gasteiger partial charge in [-0.1, -0.05) is 18.2 Å². The van der Waals surface area contributed by atoms with Crippen molar-refractivity contribution in [3.05, 3.63) is 47.0 Å². The quantitative estimate of drug-likeness (QED) is 0.900. The van der Waals surface area contributed by atoms with E-state index in [1.807, 2.05) is 24.7 Å². The summed E-state index contributed by atoms with van der Waals surface area (Å²) in [4.78, 5) is 0. The van der Waals surface area contributed by atoms with Gasteiger partial charge in [-0.2, -0.15) is 0 Å². The topological polar surface area (TPSA) is 42.7 Å². The molecule has 0 aliphatic rings. The van der Waals surface area contributed by atoms with Crippen LogP contribution in [0.1, 0.15) is 36.2 Å². The van der Waals surface area contributed by atoms with Gasteiger partial charge in [-0.25, -0.2) is 9.07 Å². The second-order valence-electron chi connectivity index (χ2n) is 4.67. The monoisotopic (exact) mass is 262 g/mol. The number of rotatable bonds is 5. The Morgan fingerprint density at radius 1 is 1.37 bits per heavy atom. The van der Waals surface area contributed by atoms with Crippen LogP contribution in [0.3, 0.4) is 0 Å². The highest BCUT2D eigenvalue weighted by atomic mass is 19.1. The summed E-state index contributed by atoms with van der Waals surface area (Å²) in [5.74, 6) is -0.218. The molecule has 0 saturated carbocycles. The normalized spacial score (nSPS) is 12.6. The molecule has 0 bridgehead atoms. The lowest BCUT2D eigenvalue weighted by molar-refractivity contribution is 0.521. The predicted molar refractivity (Wildman–Crippen MR) is 72.4 cm³/mol. The number of halogens is 1. The molecule has 1 aromatic heterocycles. The van der Waals surface area contributed by atoms with E-state index in [1.165, 1.54) is 6.07 Å². The average molecular weight is 262 g/mol. The van der Waals surface area contributed by atoms with Gasteiger partial charge in [0.15, 0.2) is 0 Å². The summed E-state index contributed by atoms with van der Waals surface area (Å²) in [5, 5.41) is 11.2. The van der Waals surface area contributed by atoms with Crippen molar-refractivity contribution >= 4 is 0 Å². The number of hydrogen-bond donors (Lipinski definition) is 1. The standard InChI is InChI=1S/C14H19FN4/c1-4-5-19-13(9-17-18-19)14(16-3)11-6-10(2)7-12(15)8-11/h6-9,14,16H,4-5H2,1-3H3. The fourth-order valence-electron chi connectivity index (χ4n) is 2.29. The van der Waals surface area contributed by atoms with Crippen LogP contribution in [0.15, 0.2) is 24.4 Å². The molecule has 0 aliphatic carbocycles. The minimum atomic E-state index is -0.218. The van der Waals surface area contributed by atoms with Crippen LogP contribution in [0.4, 0.5) is 4.39 Å². The highest BCUT2D eigenvalue weighted by molar-refractivity contribution is 5.31. The Labute approximate surface area is 112 Å². The molecule has 1 atom stereocenters. The van der Waals surface area contributed by atoms with Crippen LogP contribution in [-0.4, -0.2) is 22.0 Å². The molecule has 1 unspecified atom stereocenters. The highest BCUT2D eigenvalue weighted by Gasteiger charge is 2.18. The lowest BCUT2D eigenvalue weighted by Crippen LogP contribution is -2.22. The minimum absolute atomic E-state index is 0.101. The fraction of sp³-hybridized carbons (Fsp3) is 0.429. The molecule has 5 heteroatoms. The Morgan fingerprint density at radius 3 is 2.79 bits per heavy atom. The molecule has 0 radical (unpaired) electrons. The first-order chi connectivity index (χ1) is 9.15. The molecular formula is C14H19FN4. The predicted octanol–water partition coefficient (Wildman–Crippen LogP) is 2.44. The van der Waals surface area contributed by atoms with Crippen LogP contribution < -0.4 is 5.32 Å². The lowest BCUT2D eigenvalue weighted by atomic mass is 10.0. The molecule has 2 rings (SSSR count). The zero-order chi connectivity index (χ0) is 13.8. The molecule has 0 spiro atoms. The highest BCUT2D eigenvalue weighted by Crippen LogP contribution is 2.23. The fourth-order valence-corrected chi connectivity index (χ4v) is 2.29. The maximum absolute atomic E-state index is 13.5. The van der Waals surface area contributed by atoms with Gasteiger partial charge in [0.1, 0.15) is 5.82 Å². The minimum Gasteiger partial charge on any atom is -0.308 e. The number of nitrogens with zero attached hydrogens (tertiary/aromatic N) is 3. The maximum Gasteiger partial charge on any atom is 0.123 e. The van der Waals surface area contributed by atoms with Crippen molar-refractivity contribution in [3.8, 4) is 0 Å². The molecule has 4 nitrogen and oxygen atoms in total. The SMILES string of the molecule is CCCn1nncc1C(NC)c1cc(C)cc(F)c1. The summed E-state index contributed by atoms with van der Waals surface area (Å²) in [6.07, 6.45) is 2.71. The first-order valence-corrected chi connectivity index (χ1v) is 6.48. The molecule has 0 saturated heterocycles. The van der Waals surface area contributed by atoms with Gasteiger partial charge in [0, 0.05) is 6.54 Å². The van der Waals surface area contributed by atoms with Crippen LogP contribution >= 0.6 is 0 Å². The van der Waals surface area contributed by atoms with Crippen molar-refractivity contribution in [2.24, 2.45) is 0 Å². The first kappa shape index (κ1) is 13.7. The molecule has 1 heterocycles. The molecule has 1 N–H and O–H groups in total. The van der Waals surface area contributed by atoms with E-state index in [0.29, 0.717) is 0 Å². The molecule has 102 valence electrons. The van der Waals surface area contributed by atoms with Gasteiger partial charge < -0.3 is 5.32 Å². The van der Waals surface area contributed by atoms with E-state index in [1.54, 1.807) is 12.3 Å². The number of aromatic nitrogens is 3. The Bertz CT molecular complexity index is 530. The number of aryl methyl sites for hydroxylation is 2. The summed E-state index contributed by atoms with van der Waals surface area (Å²) < 4.78 is 15.4. The van der Waals surface area contributed by atoms with E-state index in [-0.39, 0.29) is 11.9 Å². The van der Waals surface area contributed by atoms with Gasteiger partial charge in [-0.15, -0.1) is 5.10 Å². The molecule has 0 amide bonds. The zero-order valence-electron chi connectivity index (χ0n) is 11.5. The van der Waals surface area contributed by atoms with Crippen molar-refractivity contribution < 1.29 is 4.39 Å². The molecular weight excluding hydrogens is 243 g/mol. The van der Waals surface area contributed by atoms with Crippen LogP contribution in [0.2, 0.25) is 0 Å². The number of nitrogens with one attached hydrogen (secondary N) is 1. The van der Waals surface area contributed by atoms with Crippen LogP contribution in [0.5, 0.6) is 0 Å². The van der Waals surface area contributed by atoms with E-state index < -0.39 is 0 Å². The average Bonchev–Trinajstić information content (AvgIpc) is 2.78. The van der Waals surface area contributed by atoms with E-state index in [9.17, 15) is 4.39 Å². The molecule has 1 aromatic carbocycles. The van der Waals surface area contributed by atoms with Gasteiger partial charge in [0.2, 0.25) is 0 Å². The van der Waals surface area contributed by atoms with Crippen LogP contribution in [0, 0.1) is 12.7 Å². The maximum atomic E-state index is 13.5.